The molecule has 0 aromatic heterocycles. The van der Waals surface area contributed by atoms with Crippen LogP contribution in [0.3, 0.4) is 0 Å². The molecule has 0 saturated heterocycles. The van der Waals surface area contributed by atoms with E-state index in [1.807, 2.05) is 13.8 Å². The molecule has 0 bridgehead atoms. The maximum Gasteiger partial charge on any atom is 0.323 e. The number of methoxy groups -OCH3 is 1. The predicted molar refractivity (Wildman–Crippen MR) is 94.7 cm³/mol. The molecule has 0 radical (unpaired) electrons. The Kier molecular flexibility index (Phi) is 5.78. The van der Waals surface area contributed by atoms with E-state index in [4.69, 9.17) is 4.74 Å². The van der Waals surface area contributed by atoms with Gasteiger partial charge in [-0.2, -0.15) is 0 Å². The lowest BCUT2D eigenvalue weighted by Crippen LogP contribution is -2.31. The van der Waals surface area contributed by atoms with E-state index in [2.05, 4.69) is 16.0 Å². The standard InChI is InChI=1S/C18H21N3O3/c1-12(2)19-17(22)15-9-4-5-10-16(15)21-18(23)20-13-7-6-8-14(11-13)24-3/h4-12H,1-3H3,(H,19,22)(H2,20,21,23). The monoisotopic (exact) mass is 327 g/mol. The Morgan fingerprint density at radius 2 is 1.75 bits per heavy atom. The summed E-state index contributed by atoms with van der Waals surface area (Å²) in [5.74, 6) is 0.409. The summed E-state index contributed by atoms with van der Waals surface area (Å²) >= 11 is 0. The normalized spacial score (nSPS) is 10.2. The number of hydrogen-bond donors (Lipinski definition) is 3. The van der Waals surface area contributed by atoms with E-state index in [1.54, 1.807) is 55.6 Å². The molecule has 2 rings (SSSR count). The minimum absolute atomic E-state index is 0.0103. The molecule has 2 aromatic rings. The summed E-state index contributed by atoms with van der Waals surface area (Å²) in [6.45, 7) is 3.76. The second-order valence-corrected chi connectivity index (χ2v) is 5.48. The van der Waals surface area contributed by atoms with Gasteiger partial charge in [0.1, 0.15) is 5.75 Å². The van der Waals surface area contributed by atoms with Crippen LogP contribution in [0.1, 0.15) is 24.2 Å². The van der Waals surface area contributed by atoms with E-state index in [1.165, 1.54) is 0 Å². The number of hydrogen-bond acceptors (Lipinski definition) is 3. The Bertz CT molecular complexity index is 729. The Balaban J connectivity index is 2.10. The molecule has 6 nitrogen and oxygen atoms in total. The molecule has 2 aromatic carbocycles. The SMILES string of the molecule is COc1cccc(NC(=O)Nc2ccccc2C(=O)NC(C)C)c1. The zero-order valence-corrected chi connectivity index (χ0v) is 13.9. The minimum atomic E-state index is -0.437. The van der Waals surface area contributed by atoms with Gasteiger partial charge in [0.25, 0.3) is 5.91 Å². The fourth-order valence-corrected chi connectivity index (χ4v) is 2.12. The first-order valence-electron chi connectivity index (χ1n) is 7.61. The summed E-state index contributed by atoms with van der Waals surface area (Å²) in [5.41, 5.74) is 1.44. The number of nitrogens with one attached hydrogen (secondary N) is 3. The molecule has 3 amide bonds. The van der Waals surface area contributed by atoms with Gasteiger partial charge in [0, 0.05) is 17.8 Å². The van der Waals surface area contributed by atoms with E-state index < -0.39 is 6.03 Å². The number of ether oxygens (including phenoxy) is 1. The second-order valence-electron chi connectivity index (χ2n) is 5.48. The molecule has 0 spiro atoms. The summed E-state index contributed by atoms with van der Waals surface area (Å²) in [7, 11) is 1.56. The zero-order chi connectivity index (χ0) is 17.5. The van der Waals surface area contributed by atoms with Crippen LogP contribution < -0.4 is 20.7 Å². The summed E-state index contributed by atoms with van der Waals surface area (Å²) in [6.07, 6.45) is 0. The van der Waals surface area contributed by atoms with Crippen molar-refractivity contribution in [2.24, 2.45) is 0 Å². The maximum atomic E-state index is 12.2. The maximum absolute atomic E-state index is 12.2. The number of anilines is 2. The molecule has 3 N–H and O–H groups in total. The largest absolute Gasteiger partial charge is 0.497 e. The fraction of sp³-hybridized carbons (Fsp3) is 0.222. The van der Waals surface area contributed by atoms with Crippen LogP contribution in [0, 0.1) is 0 Å². The van der Waals surface area contributed by atoms with Gasteiger partial charge in [-0.05, 0) is 38.1 Å². The van der Waals surface area contributed by atoms with Gasteiger partial charge in [-0.1, -0.05) is 18.2 Å². The van der Waals surface area contributed by atoms with Crippen LogP contribution in [-0.4, -0.2) is 25.1 Å². The molecule has 0 atom stereocenters. The molecule has 0 fully saturated rings. The smallest absolute Gasteiger partial charge is 0.323 e. The summed E-state index contributed by atoms with van der Waals surface area (Å²) in [4.78, 5) is 24.4. The van der Waals surface area contributed by atoms with Crippen molar-refractivity contribution in [1.29, 1.82) is 0 Å². The van der Waals surface area contributed by atoms with Gasteiger partial charge in [0.2, 0.25) is 0 Å². The van der Waals surface area contributed by atoms with Crippen molar-refractivity contribution in [3.05, 3.63) is 54.1 Å². The van der Waals surface area contributed by atoms with Crippen LogP contribution in [0.5, 0.6) is 5.75 Å². The fourth-order valence-electron chi connectivity index (χ4n) is 2.12. The van der Waals surface area contributed by atoms with Crippen LogP contribution in [0.25, 0.3) is 0 Å². The molecule has 0 saturated carbocycles. The third-order valence-electron chi connectivity index (χ3n) is 3.17. The lowest BCUT2D eigenvalue weighted by atomic mass is 10.1. The van der Waals surface area contributed by atoms with E-state index in [9.17, 15) is 9.59 Å². The molecule has 126 valence electrons. The van der Waals surface area contributed by atoms with E-state index in [0.717, 1.165) is 0 Å². The van der Waals surface area contributed by atoms with E-state index in [0.29, 0.717) is 22.7 Å². The van der Waals surface area contributed by atoms with Gasteiger partial charge in [0.15, 0.2) is 0 Å². The highest BCUT2D eigenvalue weighted by Gasteiger charge is 2.13. The molecular formula is C18H21N3O3. The molecule has 0 heterocycles. The number of urea groups is 1. The number of amides is 3. The molecule has 24 heavy (non-hydrogen) atoms. The zero-order valence-electron chi connectivity index (χ0n) is 13.9. The van der Waals surface area contributed by atoms with Gasteiger partial charge < -0.3 is 20.7 Å². The van der Waals surface area contributed by atoms with Gasteiger partial charge in [0.05, 0.1) is 18.4 Å². The van der Waals surface area contributed by atoms with Gasteiger partial charge in [-0.3, -0.25) is 4.79 Å². The summed E-state index contributed by atoms with van der Waals surface area (Å²) in [6, 6.07) is 13.4. The van der Waals surface area contributed by atoms with E-state index >= 15 is 0 Å². The van der Waals surface area contributed by atoms with Crippen molar-refractivity contribution in [2.75, 3.05) is 17.7 Å². The topological polar surface area (TPSA) is 79.5 Å². The molecule has 0 aliphatic carbocycles. The highest BCUT2D eigenvalue weighted by atomic mass is 16.5. The highest BCUT2D eigenvalue weighted by molar-refractivity contribution is 6.06. The average molecular weight is 327 g/mol. The van der Waals surface area contributed by atoms with Crippen molar-refractivity contribution in [2.45, 2.75) is 19.9 Å². The third kappa shape index (κ3) is 4.74. The molecule has 0 unspecified atom stereocenters. The first-order chi connectivity index (χ1) is 11.5. The van der Waals surface area contributed by atoms with Crippen molar-refractivity contribution >= 4 is 23.3 Å². The Hall–Kier alpha value is -3.02. The first-order valence-corrected chi connectivity index (χ1v) is 7.61. The lowest BCUT2D eigenvalue weighted by Gasteiger charge is -2.14. The Morgan fingerprint density at radius 1 is 1.00 bits per heavy atom. The average Bonchev–Trinajstić information content (AvgIpc) is 2.54. The van der Waals surface area contributed by atoms with E-state index in [-0.39, 0.29) is 11.9 Å². The first kappa shape index (κ1) is 17.3. The number of carbonyl (C=O) groups is 2. The predicted octanol–water partition coefficient (Wildman–Crippen LogP) is 3.48. The minimum Gasteiger partial charge on any atom is -0.497 e. The van der Waals surface area contributed by atoms with Gasteiger partial charge in [-0.25, -0.2) is 4.79 Å². The third-order valence-corrected chi connectivity index (χ3v) is 3.17. The number of carbonyl (C=O) groups excluding carboxylic acids is 2. The number of para-hydroxylation sites is 1. The number of benzene rings is 2. The molecule has 0 aliphatic heterocycles. The van der Waals surface area contributed by atoms with Gasteiger partial charge >= 0.3 is 6.03 Å². The quantitative estimate of drug-likeness (QED) is 0.786. The second kappa shape index (κ2) is 8.01. The van der Waals surface area contributed by atoms with Crippen LogP contribution in [0.4, 0.5) is 16.2 Å². The van der Waals surface area contributed by atoms with Crippen LogP contribution >= 0.6 is 0 Å². The molecule has 6 heteroatoms. The summed E-state index contributed by atoms with van der Waals surface area (Å²) < 4.78 is 5.12. The van der Waals surface area contributed by atoms with Crippen molar-refractivity contribution < 1.29 is 14.3 Å². The molecular weight excluding hydrogens is 306 g/mol. The number of rotatable bonds is 5. The van der Waals surface area contributed by atoms with Crippen molar-refractivity contribution in [3.63, 3.8) is 0 Å². The van der Waals surface area contributed by atoms with Crippen molar-refractivity contribution in [1.82, 2.24) is 5.32 Å². The highest BCUT2D eigenvalue weighted by Crippen LogP contribution is 2.18. The van der Waals surface area contributed by atoms with Crippen LogP contribution in [-0.2, 0) is 0 Å². The summed E-state index contributed by atoms with van der Waals surface area (Å²) in [5, 5.41) is 8.22. The van der Waals surface area contributed by atoms with Crippen molar-refractivity contribution in [3.8, 4) is 5.75 Å². The lowest BCUT2D eigenvalue weighted by molar-refractivity contribution is 0.0944. The van der Waals surface area contributed by atoms with Crippen LogP contribution in [0.15, 0.2) is 48.5 Å². The van der Waals surface area contributed by atoms with Gasteiger partial charge in [-0.15, -0.1) is 0 Å². The Labute approximate surface area is 141 Å². The molecule has 0 aliphatic rings. The Morgan fingerprint density at radius 3 is 2.46 bits per heavy atom. The van der Waals surface area contributed by atoms with Crippen LogP contribution in [0.2, 0.25) is 0 Å².